The van der Waals surface area contributed by atoms with E-state index in [1.807, 2.05) is 24.3 Å². The number of hydrogen-bond donors (Lipinski definition) is 2. The van der Waals surface area contributed by atoms with E-state index in [9.17, 15) is 0 Å². The van der Waals surface area contributed by atoms with Crippen LogP contribution in [0.2, 0.25) is 5.02 Å². The zero-order chi connectivity index (χ0) is 17.2. The van der Waals surface area contributed by atoms with Crippen molar-refractivity contribution in [2.45, 2.75) is 44.3 Å². The molecule has 2 aromatic carbocycles. The summed E-state index contributed by atoms with van der Waals surface area (Å²) in [6.45, 7) is 0.728. The van der Waals surface area contributed by atoms with Crippen molar-refractivity contribution in [2.24, 2.45) is 5.73 Å². The number of para-hydroxylation sites is 2. The smallest absolute Gasteiger partial charge is 0.204 e. The van der Waals surface area contributed by atoms with Crippen LogP contribution in [-0.2, 0) is 6.54 Å². The Morgan fingerprint density at radius 3 is 2.80 bits per heavy atom. The van der Waals surface area contributed by atoms with Crippen LogP contribution in [0.15, 0.2) is 48.5 Å². The van der Waals surface area contributed by atoms with E-state index in [1.165, 1.54) is 12.8 Å². The van der Waals surface area contributed by atoms with E-state index >= 15 is 0 Å². The van der Waals surface area contributed by atoms with E-state index in [4.69, 9.17) is 22.3 Å². The second-order valence-corrected chi connectivity index (χ2v) is 7.28. The molecule has 0 aliphatic heterocycles. The topological polar surface area (TPSA) is 55.9 Å². The number of anilines is 1. The molecule has 130 valence electrons. The minimum Gasteiger partial charge on any atom is -0.351 e. The molecule has 5 heteroatoms. The van der Waals surface area contributed by atoms with Gasteiger partial charge in [0.25, 0.3) is 0 Å². The predicted octanol–water partition coefficient (Wildman–Crippen LogP) is 4.42. The lowest BCUT2D eigenvalue weighted by atomic mass is 9.91. The second-order valence-electron chi connectivity index (χ2n) is 6.84. The summed E-state index contributed by atoms with van der Waals surface area (Å²) >= 11 is 6.16. The van der Waals surface area contributed by atoms with Gasteiger partial charge in [0.2, 0.25) is 5.95 Å². The monoisotopic (exact) mass is 354 g/mol. The number of nitrogens with zero attached hydrogens (tertiary/aromatic N) is 2. The van der Waals surface area contributed by atoms with E-state index < -0.39 is 0 Å². The first-order valence-electron chi connectivity index (χ1n) is 8.92. The SMILES string of the molecule is N[C@H]1CCCC[C@H]1Nc1nc2ccccc2n1Cc1cccc(Cl)c1. The van der Waals surface area contributed by atoms with Gasteiger partial charge in [0.1, 0.15) is 0 Å². The molecule has 1 aromatic heterocycles. The van der Waals surface area contributed by atoms with Crippen molar-refractivity contribution in [3.05, 3.63) is 59.1 Å². The Morgan fingerprint density at radius 2 is 1.96 bits per heavy atom. The Kier molecular flexibility index (Phi) is 4.64. The average molecular weight is 355 g/mol. The summed E-state index contributed by atoms with van der Waals surface area (Å²) < 4.78 is 2.22. The lowest BCUT2D eigenvalue weighted by Crippen LogP contribution is -2.43. The van der Waals surface area contributed by atoms with Crippen molar-refractivity contribution in [3.8, 4) is 0 Å². The van der Waals surface area contributed by atoms with Crippen LogP contribution in [0.1, 0.15) is 31.2 Å². The normalized spacial score (nSPS) is 20.7. The quantitative estimate of drug-likeness (QED) is 0.729. The van der Waals surface area contributed by atoms with Crippen LogP contribution in [0.4, 0.5) is 5.95 Å². The number of fused-ring (bicyclic) bond motifs is 1. The molecule has 0 amide bonds. The lowest BCUT2D eigenvalue weighted by molar-refractivity contribution is 0.401. The van der Waals surface area contributed by atoms with E-state index in [2.05, 4.69) is 34.1 Å². The fraction of sp³-hybridized carbons (Fsp3) is 0.350. The highest BCUT2D eigenvalue weighted by Crippen LogP contribution is 2.25. The summed E-state index contributed by atoms with van der Waals surface area (Å²) in [5.41, 5.74) is 9.60. The molecule has 25 heavy (non-hydrogen) atoms. The maximum atomic E-state index is 6.33. The minimum absolute atomic E-state index is 0.188. The van der Waals surface area contributed by atoms with Gasteiger partial charge in [-0.2, -0.15) is 0 Å². The number of benzene rings is 2. The van der Waals surface area contributed by atoms with Gasteiger partial charge in [-0.1, -0.05) is 48.7 Å². The van der Waals surface area contributed by atoms with Crippen molar-refractivity contribution in [2.75, 3.05) is 5.32 Å². The number of rotatable bonds is 4. The first-order valence-corrected chi connectivity index (χ1v) is 9.30. The highest BCUT2D eigenvalue weighted by atomic mass is 35.5. The highest BCUT2D eigenvalue weighted by Gasteiger charge is 2.23. The van der Waals surface area contributed by atoms with Gasteiger partial charge in [-0.15, -0.1) is 0 Å². The molecule has 3 aromatic rings. The van der Waals surface area contributed by atoms with Gasteiger partial charge in [-0.05, 0) is 42.7 Å². The van der Waals surface area contributed by atoms with Gasteiger partial charge in [0.15, 0.2) is 0 Å². The van der Waals surface area contributed by atoms with E-state index in [-0.39, 0.29) is 12.1 Å². The van der Waals surface area contributed by atoms with Crippen molar-refractivity contribution in [3.63, 3.8) is 0 Å². The molecular formula is C20H23ClN4. The summed E-state index contributed by atoms with van der Waals surface area (Å²) in [6.07, 6.45) is 4.62. The van der Waals surface area contributed by atoms with Crippen molar-refractivity contribution in [1.29, 1.82) is 0 Å². The zero-order valence-corrected chi connectivity index (χ0v) is 14.9. The third-order valence-electron chi connectivity index (χ3n) is 5.02. The predicted molar refractivity (Wildman–Crippen MR) is 104 cm³/mol. The van der Waals surface area contributed by atoms with Crippen molar-refractivity contribution in [1.82, 2.24) is 9.55 Å². The molecule has 0 bridgehead atoms. The molecule has 1 aliphatic carbocycles. The molecule has 1 aliphatic rings. The minimum atomic E-state index is 0.188. The Morgan fingerprint density at radius 1 is 1.12 bits per heavy atom. The van der Waals surface area contributed by atoms with Crippen LogP contribution in [0, 0.1) is 0 Å². The number of halogens is 1. The second kappa shape index (κ2) is 7.06. The van der Waals surface area contributed by atoms with Crippen LogP contribution < -0.4 is 11.1 Å². The van der Waals surface area contributed by atoms with Gasteiger partial charge in [0.05, 0.1) is 17.6 Å². The Hall–Kier alpha value is -2.04. The van der Waals surface area contributed by atoms with Crippen LogP contribution in [0.25, 0.3) is 11.0 Å². The molecule has 0 saturated heterocycles. The summed E-state index contributed by atoms with van der Waals surface area (Å²) in [5, 5.41) is 4.37. The highest BCUT2D eigenvalue weighted by molar-refractivity contribution is 6.30. The average Bonchev–Trinajstić information content (AvgIpc) is 2.95. The first-order chi connectivity index (χ1) is 12.2. The molecule has 4 rings (SSSR count). The molecule has 0 spiro atoms. The maximum Gasteiger partial charge on any atom is 0.204 e. The Balaban J connectivity index is 1.70. The fourth-order valence-corrected chi connectivity index (χ4v) is 3.88. The fourth-order valence-electron chi connectivity index (χ4n) is 3.67. The summed E-state index contributed by atoms with van der Waals surface area (Å²) in [6, 6.07) is 16.7. The summed E-state index contributed by atoms with van der Waals surface area (Å²) in [4.78, 5) is 4.82. The standard InChI is InChI=1S/C20H23ClN4/c21-15-7-5-6-14(12-15)13-25-19-11-4-3-10-18(19)24-20(25)23-17-9-2-1-8-16(17)22/h3-7,10-12,16-17H,1-2,8-9,13,22H2,(H,23,24)/t16-,17+/m0/s1. The molecule has 0 unspecified atom stereocenters. The molecule has 3 N–H and O–H groups in total. The van der Waals surface area contributed by atoms with Crippen LogP contribution in [0.5, 0.6) is 0 Å². The molecule has 4 nitrogen and oxygen atoms in total. The maximum absolute atomic E-state index is 6.33. The Labute approximate surface area is 153 Å². The largest absolute Gasteiger partial charge is 0.351 e. The van der Waals surface area contributed by atoms with Gasteiger partial charge in [-0.25, -0.2) is 4.98 Å². The molecule has 1 heterocycles. The van der Waals surface area contributed by atoms with Gasteiger partial charge in [-0.3, -0.25) is 0 Å². The van der Waals surface area contributed by atoms with E-state index in [1.54, 1.807) is 0 Å². The van der Waals surface area contributed by atoms with Crippen molar-refractivity contribution < 1.29 is 0 Å². The third-order valence-corrected chi connectivity index (χ3v) is 5.25. The lowest BCUT2D eigenvalue weighted by Gasteiger charge is -2.29. The number of nitrogens with one attached hydrogen (secondary N) is 1. The van der Waals surface area contributed by atoms with Crippen LogP contribution in [0.3, 0.4) is 0 Å². The van der Waals surface area contributed by atoms with Crippen molar-refractivity contribution >= 4 is 28.6 Å². The molecule has 0 radical (unpaired) electrons. The molecular weight excluding hydrogens is 332 g/mol. The molecule has 2 atom stereocenters. The van der Waals surface area contributed by atoms with Crippen LogP contribution >= 0.6 is 11.6 Å². The molecule has 1 fully saturated rings. The first kappa shape index (κ1) is 16.4. The number of nitrogens with two attached hydrogens (primary N) is 1. The van der Waals surface area contributed by atoms with Gasteiger partial charge >= 0.3 is 0 Å². The number of aromatic nitrogens is 2. The molecule has 1 saturated carbocycles. The van der Waals surface area contributed by atoms with Gasteiger partial charge < -0.3 is 15.6 Å². The van der Waals surface area contributed by atoms with E-state index in [0.717, 1.165) is 47.0 Å². The van der Waals surface area contributed by atoms with Crippen LogP contribution in [-0.4, -0.2) is 21.6 Å². The number of imidazole rings is 1. The zero-order valence-electron chi connectivity index (χ0n) is 14.2. The summed E-state index contributed by atoms with van der Waals surface area (Å²) in [7, 11) is 0. The number of hydrogen-bond acceptors (Lipinski definition) is 3. The third kappa shape index (κ3) is 3.51. The van der Waals surface area contributed by atoms with Gasteiger partial charge in [0, 0.05) is 17.1 Å². The van der Waals surface area contributed by atoms with E-state index in [0.29, 0.717) is 0 Å². The summed E-state index contributed by atoms with van der Waals surface area (Å²) in [5.74, 6) is 0.892. The Bertz CT molecular complexity index is 873.